The Hall–Kier alpha value is -0.570. The van der Waals surface area contributed by atoms with Crippen molar-refractivity contribution in [1.82, 2.24) is 14.8 Å². The van der Waals surface area contributed by atoms with E-state index in [1.807, 2.05) is 6.33 Å². The lowest BCUT2D eigenvalue weighted by Gasteiger charge is -2.35. The maximum Gasteiger partial charge on any atom is 0.148 e. The van der Waals surface area contributed by atoms with Crippen molar-refractivity contribution in [2.45, 2.75) is 51.5 Å². The Balaban J connectivity index is 2.23. The monoisotopic (exact) mass is 241 g/mol. The van der Waals surface area contributed by atoms with Crippen LogP contribution in [-0.2, 0) is 5.88 Å². The molecule has 1 aliphatic carbocycles. The van der Waals surface area contributed by atoms with Gasteiger partial charge in [-0.1, -0.05) is 26.7 Å². The molecule has 1 fully saturated rings. The summed E-state index contributed by atoms with van der Waals surface area (Å²) in [4.78, 5) is 0. The van der Waals surface area contributed by atoms with Crippen molar-refractivity contribution in [1.29, 1.82) is 0 Å². The van der Waals surface area contributed by atoms with Gasteiger partial charge < -0.3 is 4.57 Å². The van der Waals surface area contributed by atoms with Crippen LogP contribution in [0.3, 0.4) is 0 Å². The fraction of sp³-hybridized carbons (Fsp3) is 0.833. The molecule has 3 nitrogen and oxygen atoms in total. The summed E-state index contributed by atoms with van der Waals surface area (Å²) in [6, 6.07) is 0.553. The van der Waals surface area contributed by atoms with Crippen LogP contribution >= 0.6 is 11.6 Å². The van der Waals surface area contributed by atoms with Crippen LogP contribution in [0.25, 0.3) is 0 Å². The lowest BCUT2D eigenvalue weighted by atomic mass is 9.77. The number of hydrogen-bond donors (Lipinski definition) is 0. The molecule has 0 bridgehead atoms. The molecule has 1 heterocycles. The Morgan fingerprint density at radius 3 is 2.88 bits per heavy atom. The third-order valence-electron chi connectivity index (χ3n) is 3.76. The predicted octanol–water partition coefficient (Wildman–Crippen LogP) is 3.40. The van der Waals surface area contributed by atoms with Crippen molar-refractivity contribution in [3.05, 3.63) is 12.2 Å². The second-order valence-corrected chi connectivity index (χ2v) is 5.32. The van der Waals surface area contributed by atoms with Crippen LogP contribution in [-0.4, -0.2) is 14.8 Å². The number of aromatic nitrogens is 3. The van der Waals surface area contributed by atoms with Gasteiger partial charge in [-0.25, -0.2) is 0 Å². The summed E-state index contributed by atoms with van der Waals surface area (Å²) in [5.74, 6) is 2.84. The Morgan fingerprint density at radius 2 is 2.19 bits per heavy atom. The maximum atomic E-state index is 5.90. The zero-order chi connectivity index (χ0) is 11.5. The number of nitrogens with zero attached hydrogens (tertiary/aromatic N) is 3. The van der Waals surface area contributed by atoms with Crippen LogP contribution in [0.1, 0.15) is 51.4 Å². The Morgan fingerprint density at radius 1 is 1.44 bits per heavy atom. The third kappa shape index (κ3) is 2.24. The van der Waals surface area contributed by atoms with E-state index >= 15 is 0 Å². The molecule has 0 aromatic carbocycles. The van der Waals surface area contributed by atoms with E-state index in [1.165, 1.54) is 25.7 Å². The summed E-state index contributed by atoms with van der Waals surface area (Å²) in [6.07, 6.45) is 7.08. The average Bonchev–Trinajstić information content (AvgIpc) is 2.76. The first-order valence-corrected chi connectivity index (χ1v) is 6.72. The molecule has 1 saturated carbocycles. The SMILES string of the molecule is CC(C)C1CCCCC1n1cnnc1CCl. The average molecular weight is 242 g/mol. The van der Waals surface area contributed by atoms with Crippen LogP contribution in [0.4, 0.5) is 0 Å². The molecule has 0 spiro atoms. The lowest BCUT2D eigenvalue weighted by molar-refractivity contribution is 0.181. The second kappa shape index (κ2) is 5.17. The molecular weight excluding hydrogens is 222 g/mol. The minimum atomic E-state index is 0.460. The van der Waals surface area contributed by atoms with Gasteiger partial charge in [0.15, 0.2) is 0 Å². The van der Waals surface area contributed by atoms with E-state index < -0.39 is 0 Å². The van der Waals surface area contributed by atoms with Crippen LogP contribution < -0.4 is 0 Å². The van der Waals surface area contributed by atoms with E-state index in [0.717, 1.165) is 17.7 Å². The first-order chi connectivity index (χ1) is 7.74. The molecule has 2 unspecified atom stereocenters. The number of rotatable bonds is 3. The Bertz CT molecular complexity index is 335. The summed E-state index contributed by atoms with van der Waals surface area (Å²) in [5, 5.41) is 8.08. The van der Waals surface area contributed by atoms with Crippen LogP contribution in [0, 0.1) is 11.8 Å². The largest absolute Gasteiger partial charge is 0.313 e. The van der Waals surface area contributed by atoms with Gasteiger partial charge in [-0.15, -0.1) is 21.8 Å². The number of halogens is 1. The smallest absolute Gasteiger partial charge is 0.148 e. The zero-order valence-corrected chi connectivity index (χ0v) is 10.8. The van der Waals surface area contributed by atoms with Crippen molar-refractivity contribution in [2.24, 2.45) is 11.8 Å². The minimum Gasteiger partial charge on any atom is -0.313 e. The fourth-order valence-corrected chi connectivity index (χ4v) is 3.09. The maximum absolute atomic E-state index is 5.90. The quantitative estimate of drug-likeness (QED) is 0.760. The highest BCUT2D eigenvalue weighted by molar-refractivity contribution is 6.16. The van der Waals surface area contributed by atoms with E-state index in [2.05, 4.69) is 28.6 Å². The van der Waals surface area contributed by atoms with E-state index in [-0.39, 0.29) is 0 Å². The first-order valence-electron chi connectivity index (χ1n) is 6.18. The summed E-state index contributed by atoms with van der Waals surface area (Å²) in [5.41, 5.74) is 0. The summed E-state index contributed by atoms with van der Waals surface area (Å²) < 4.78 is 2.21. The van der Waals surface area contributed by atoms with E-state index in [4.69, 9.17) is 11.6 Å². The second-order valence-electron chi connectivity index (χ2n) is 5.05. The van der Waals surface area contributed by atoms with Crippen LogP contribution in [0.5, 0.6) is 0 Å². The zero-order valence-electron chi connectivity index (χ0n) is 10.1. The molecule has 2 rings (SSSR count). The van der Waals surface area contributed by atoms with Gasteiger partial charge in [0, 0.05) is 6.04 Å². The molecule has 0 N–H and O–H groups in total. The van der Waals surface area contributed by atoms with Gasteiger partial charge in [0.1, 0.15) is 12.2 Å². The standard InChI is InChI=1S/C12H20ClN3/c1-9(2)10-5-3-4-6-11(10)16-8-14-15-12(16)7-13/h8-11H,3-7H2,1-2H3. The number of alkyl halides is 1. The van der Waals surface area contributed by atoms with Crippen molar-refractivity contribution < 1.29 is 0 Å². The van der Waals surface area contributed by atoms with E-state index in [9.17, 15) is 0 Å². The molecule has 0 radical (unpaired) electrons. The summed E-state index contributed by atoms with van der Waals surface area (Å²) in [6.45, 7) is 4.63. The van der Waals surface area contributed by atoms with Crippen molar-refractivity contribution in [3.63, 3.8) is 0 Å². The molecule has 0 aliphatic heterocycles. The number of hydrogen-bond acceptors (Lipinski definition) is 2. The van der Waals surface area contributed by atoms with Crippen LogP contribution in [0.15, 0.2) is 6.33 Å². The first kappa shape index (κ1) is 11.9. The van der Waals surface area contributed by atoms with Crippen molar-refractivity contribution in [2.75, 3.05) is 0 Å². The predicted molar refractivity (Wildman–Crippen MR) is 65.4 cm³/mol. The lowest BCUT2D eigenvalue weighted by Crippen LogP contribution is -2.27. The van der Waals surface area contributed by atoms with Gasteiger partial charge in [0.05, 0.1) is 5.88 Å². The molecule has 16 heavy (non-hydrogen) atoms. The highest BCUT2D eigenvalue weighted by Gasteiger charge is 2.29. The molecule has 2 atom stereocenters. The van der Waals surface area contributed by atoms with Gasteiger partial charge >= 0.3 is 0 Å². The van der Waals surface area contributed by atoms with Crippen LogP contribution in [0.2, 0.25) is 0 Å². The highest BCUT2D eigenvalue weighted by Crippen LogP contribution is 2.38. The molecule has 1 aromatic heterocycles. The Kier molecular flexibility index (Phi) is 3.85. The normalized spacial score (nSPS) is 26.2. The summed E-state index contributed by atoms with van der Waals surface area (Å²) >= 11 is 5.90. The summed E-state index contributed by atoms with van der Waals surface area (Å²) in [7, 11) is 0. The molecule has 90 valence electrons. The van der Waals surface area contributed by atoms with E-state index in [0.29, 0.717) is 11.9 Å². The van der Waals surface area contributed by atoms with Gasteiger partial charge in [-0.05, 0) is 24.7 Å². The minimum absolute atomic E-state index is 0.460. The highest BCUT2D eigenvalue weighted by atomic mass is 35.5. The van der Waals surface area contributed by atoms with Gasteiger partial charge in [0.25, 0.3) is 0 Å². The third-order valence-corrected chi connectivity index (χ3v) is 4.00. The molecule has 1 aromatic rings. The molecule has 1 aliphatic rings. The molecule has 0 amide bonds. The van der Waals surface area contributed by atoms with Gasteiger partial charge in [-0.3, -0.25) is 0 Å². The topological polar surface area (TPSA) is 30.7 Å². The van der Waals surface area contributed by atoms with Crippen molar-refractivity contribution >= 4 is 11.6 Å². The van der Waals surface area contributed by atoms with E-state index in [1.54, 1.807) is 0 Å². The molecule has 4 heteroatoms. The Labute approximate surface area is 102 Å². The molecular formula is C12H20ClN3. The van der Waals surface area contributed by atoms with Crippen molar-refractivity contribution in [3.8, 4) is 0 Å². The fourth-order valence-electron chi connectivity index (χ4n) is 2.90. The van der Waals surface area contributed by atoms with Gasteiger partial charge in [0.2, 0.25) is 0 Å². The molecule has 0 saturated heterocycles. The van der Waals surface area contributed by atoms with Gasteiger partial charge in [-0.2, -0.15) is 0 Å².